The lowest BCUT2D eigenvalue weighted by molar-refractivity contribution is 0.577. The van der Waals surface area contributed by atoms with Gasteiger partial charge in [-0.3, -0.25) is 0 Å². The van der Waals surface area contributed by atoms with Gasteiger partial charge in [-0.25, -0.2) is 8.78 Å². The van der Waals surface area contributed by atoms with E-state index >= 15 is 0 Å². The fourth-order valence-electron chi connectivity index (χ4n) is 1.73. The third-order valence-electron chi connectivity index (χ3n) is 2.81. The maximum Gasteiger partial charge on any atom is 0.142 e. The van der Waals surface area contributed by atoms with E-state index in [1.54, 1.807) is 12.1 Å². The molecule has 1 unspecified atom stereocenters. The SMILES string of the molecule is Cc1ccc(C(N)c2cc(F)c(Cl)cc2F)cc1. The summed E-state index contributed by atoms with van der Waals surface area (Å²) in [5.41, 5.74) is 7.84. The molecule has 2 rings (SSSR count). The van der Waals surface area contributed by atoms with Gasteiger partial charge >= 0.3 is 0 Å². The summed E-state index contributed by atoms with van der Waals surface area (Å²) in [6.45, 7) is 1.94. The Labute approximate surface area is 109 Å². The molecule has 0 spiro atoms. The number of benzene rings is 2. The summed E-state index contributed by atoms with van der Waals surface area (Å²) in [7, 11) is 0. The van der Waals surface area contributed by atoms with Crippen LogP contribution in [0.1, 0.15) is 22.7 Å². The van der Waals surface area contributed by atoms with Gasteiger partial charge in [0.2, 0.25) is 0 Å². The molecule has 0 saturated carbocycles. The Morgan fingerprint density at radius 3 is 2.28 bits per heavy atom. The Hall–Kier alpha value is -1.45. The van der Waals surface area contributed by atoms with Crippen LogP contribution in [-0.2, 0) is 0 Å². The van der Waals surface area contributed by atoms with Crippen LogP contribution in [0.5, 0.6) is 0 Å². The summed E-state index contributed by atoms with van der Waals surface area (Å²) in [6, 6.07) is 8.62. The maximum atomic E-state index is 13.7. The average molecular weight is 268 g/mol. The first-order valence-electron chi connectivity index (χ1n) is 5.45. The molecule has 18 heavy (non-hydrogen) atoms. The van der Waals surface area contributed by atoms with Gasteiger partial charge in [0.25, 0.3) is 0 Å². The molecule has 0 amide bonds. The minimum absolute atomic E-state index is 0.0979. The number of hydrogen-bond acceptors (Lipinski definition) is 1. The second-order valence-corrected chi connectivity index (χ2v) is 4.58. The molecule has 2 aromatic carbocycles. The minimum atomic E-state index is -0.711. The molecule has 4 heteroatoms. The molecule has 2 N–H and O–H groups in total. The zero-order valence-corrected chi connectivity index (χ0v) is 10.5. The molecule has 1 atom stereocenters. The highest BCUT2D eigenvalue weighted by atomic mass is 35.5. The van der Waals surface area contributed by atoms with E-state index in [9.17, 15) is 8.78 Å². The zero-order valence-electron chi connectivity index (χ0n) is 9.75. The van der Waals surface area contributed by atoms with Gasteiger partial charge in [0.15, 0.2) is 0 Å². The minimum Gasteiger partial charge on any atom is -0.320 e. The van der Waals surface area contributed by atoms with Crippen molar-refractivity contribution in [2.24, 2.45) is 5.73 Å². The Morgan fingerprint density at radius 2 is 1.67 bits per heavy atom. The quantitative estimate of drug-likeness (QED) is 0.819. The number of rotatable bonds is 2. The standard InChI is InChI=1S/C14H12ClF2N/c1-8-2-4-9(5-3-8)14(18)10-6-13(17)11(15)7-12(10)16/h2-7,14H,18H2,1H3. The van der Waals surface area contributed by atoms with E-state index in [1.165, 1.54) is 0 Å². The van der Waals surface area contributed by atoms with Crippen LogP contribution < -0.4 is 5.73 Å². The number of nitrogens with two attached hydrogens (primary N) is 1. The Bertz CT molecular complexity index is 567. The molecule has 0 radical (unpaired) electrons. The van der Waals surface area contributed by atoms with Crippen molar-refractivity contribution in [1.82, 2.24) is 0 Å². The topological polar surface area (TPSA) is 26.0 Å². The molecule has 2 aromatic rings. The average Bonchev–Trinajstić information content (AvgIpc) is 2.34. The maximum absolute atomic E-state index is 13.7. The lowest BCUT2D eigenvalue weighted by Crippen LogP contribution is -2.14. The molecule has 0 bridgehead atoms. The summed E-state index contributed by atoms with van der Waals surface area (Å²) in [5.74, 6) is -1.27. The Kier molecular flexibility index (Phi) is 3.64. The van der Waals surface area contributed by atoms with E-state index in [1.807, 2.05) is 19.1 Å². The Balaban J connectivity index is 2.42. The summed E-state index contributed by atoms with van der Waals surface area (Å²) in [5, 5.41) is -0.243. The van der Waals surface area contributed by atoms with Gasteiger partial charge in [0, 0.05) is 5.56 Å². The van der Waals surface area contributed by atoms with Gasteiger partial charge in [-0.2, -0.15) is 0 Å². The molecule has 0 aliphatic carbocycles. The van der Waals surface area contributed by atoms with Crippen molar-refractivity contribution < 1.29 is 8.78 Å². The summed E-state index contributed by atoms with van der Waals surface area (Å²) in [4.78, 5) is 0. The van der Waals surface area contributed by atoms with Crippen LogP contribution in [0, 0.1) is 18.6 Å². The normalized spacial score (nSPS) is 12.5. The van der Waals surface area contributed by atoms with Crippen LogP contribution >= 0.6 is 11.6 Å². The summed E-state index contributed by atoms with van der Waals surface area (Å²) < 4.78 is 27.1. The zero-order chi connectivity index (χ0) is 13.3. The molecule has 0 aliphatic rings. The predicted molar refractivity (Wildman–Crippen MR) is 68.6 cm³/mol. The smallest absolute Gasteiger partial charge is 0.142 e. The van der Waals surface area contributed by atoms with E-state index in [2.05, 4.69) is 0 Å². The van der Waals surface area contributed by atoms with Crippen LogP contribution in [0.3, 0.4) is 0 Å². The van der Waals surface area contributed by atoms with Crippen molar-refractivity contribution in [3.8, 4) is 0 Å². The number of aryl methyl sites for hydroxylation is 1. The second-order valence-electron chi connectivity index (χ2n) is 4.18. The third-order valence-corrected chi connectivity index (χ3v) is 3.10. The van der Waals surface area contributed by atoms with E-state index < -0.39 is 17.7 Å². The summed E-state index contributed by atoms with van der Waals surface area (Å²) >= 11 is 5.50. The molecule has 0 aromatic heterocycles. The fraction of sp³-hybridized carbons (Fsp3) is 0.143. The molecule has 0 saturated heterocycles. The van der Waals surface area contributed by atoms with Gasteiger partial charge in [0.05, 0.1) is 11.1 Å². The second kappa shape index (κ2) is 5.04. The molecule has 1 nitrogen and oxygen atoms in total. The van der Waals surface area contributed by atoms with Gasteiger partial charge in [-0.15, -0.1) is 0 Å². The lowest BCUT2D eigenvalue weighted by atomic mass is 9.98. The first-order valence-corrected chi connectivity index (χ1v) is 5.83. The van der Waals surface area contributed by atoms with Crippen LogP contribution in [0.15, 0.2) is 36.4 Å². The first-order chi connectivity index (χ1) is 8.49. The van der Waals surface area contributed by atoms with Crippen molar-refractivity contribution in [2.45, 2.75) is 13.0 Å². The third kappa shape index (κ3) is 2.52. The molecule has 0 fully saturated rings. The number of hydrogen-bond donors (Lipinski definition) is 1. The van der Waals surface area contributed by atoms with Crippen LogP contribution in [0.4, 0.5) is 8.78 Å². The van der Waals surface area contributed by atoms with Gasteiger partial charge in [0.1, 0.15) is 11.6 Å². The van der Waals surface area contributed by atoms with Crippen molar-refractivity contribution in [2.75, 3.05) is 0 Å². The van der Waals surface area contributed by atoms with Gasteiger partial charge in [-0.05, 0) is 24.6 Å². The van der Waals surface area contributed by atoms with Gasteiger partial charge < -0.3 is 5.73 Å². The van der Waals surface area contributed by atoms with Crippen LogP contribution in [0.25, 0.3) is 0 Å². The van der Waals surface area contributed by atoms with Crippen molar-refractivity contribution in [1.29, 1.82) is 0 Å². The highest BCUT2D eigenvalue weighted by molar-refractivity contribution is 6.30. The fourth-order valence-corrected chi connectivity index (χ4v) is 1.88. The van der Waals surface area contributed by atoms with E-state index in [-0.39, 0.29) is 10.6 Å². The first kappa shape index (κ1) is 13.0. The molecular weight excluding hydrogens is 256 g/mol. The number of halogens is 3. The highest BCUT2D eigenvalue weighted by Gasteiger charge is 2.16. The van der Waals surface area contributed by atoms with Crippen LogP contribution in [0.2, 0.25) is 5.02 Å². The van der Waals surface area contributed by atoms with E-state index in [4.69, 9.17) is 17.3 Å². The van der Waals surface area contributed by atoms with Crippen molar-refractivity contribution >= 4 is 11.6 Å². The van der Waals surface area contributed by atoms with E-state index in [0.29, 0.717) is 0 Å². The molecular formula is C14H12ClF2N. The van der Waals surface area contributed by atoms with Crippen molar-refractivity contribution in [3.05, 3.63) is 69.7 Å². The predicted octanol–water partition coefficient (Wildman–Crippen LogP) is 3.97. The monoisotopic (exact) mass is 267 g/mol. The lowest BCUT2D eigenvalue weighted by Gasteiger charge is -2.14. The summed E-state index contributed by atoms with van der Waals surface area (Å²) in [6.07, 6.45) is 0. The van der Waals surface area contributed by atoms with Crippen LogP contribution in [-0.4, -0.2) is 0 Å². The van der Waals surface area contributed by atoms with Crippen molar-refractivity contribution in [3.63, 3.8) is 0 Å². The van der Waals surface area contributed by atoms with Gasteiger partial charge in [-0.1, -0.05) is 41.4 Å². The van der Waals surface area contributed by atoms with E-state index in [0.717, 1.165) is 23.3 Å². The highest BCUT2D eigenvalue weighted by Crippen LogP contribution is 2.26. The Morgan fingerprint density at radius 1 is 1.06 bits per heavy atom. The molecule has 0 heterocycles. The largest absolute Gasteiger partial charge is 0.320 e. The molecule has 0 aliphatic heterocycles. The molecule has 94 valence electrons.